The van der Waals surface area contributed by atoms with E-state index in [1.165, 1.54) is 0 Å². The highest BCUT2D eigenvalue weighted by Crippen LogP contribution is 2.12. The van der Waals surface area contributed by atoms with Crippen LogP contribution in [-0.4, -0.2) is 38.1 Å². The first-order valence-electron chi connectivity index (χ1n) is 6.18. The number of ether oxygens (including phenoxy) is 1. The van der Waals surface area contributed by atoms with Gasteiger partial charge in [-0.05, 0) is 37.4 Å². The summed E-state index contributed by atoms with van der Waals surface area (Å²) in [7, 11) is 3.64. The molecule has 1 aromatic carbocycles. The summed E-state index contributed by atoms with van der Waals surface area (Å²) >= 11 is 0. The van der Waals surface area contributed by atoms with Crippen LogP contribution in [0.25, 0.3) is 0 Å². The van der Waals surface area contributed by atoms with Gasteiger partial charge in [0.2, 0.25) is 0 Å². The van der Waals surface area contributed by atoms with Crippen LogP contribution in [-0.2, 0) is 4.84 Å². The van der Waals surface area contributed by atoms with E-state index in [1.54, 1.807) is 31.4 Å². The van der Waals surface area contributed by atoms with E-state index in [0.29, 0.717) is 11.3 Å². The number of nitrogens with one attached hydrogen (secondary N) is 1. The Balaban J connectivity index is 1.87. The average molecular weight is 262 g/mol. The number of nitrogens with zero attached hydrogens (tertiary/aromatic N) is 1. The van der Waals surface area contributed by atoms with E-state index in [1.807, 2.05) is 6.08 Å². The minimum Gasteiger partial charge on any atom is -0.497 e. The lowest BCUT2D eigenvalue weighted by Crippen LogP contribution is -2.29. The number of carbonyl (C=O) groups excluding carboxylic acids is 1. The molecule has 19 heavy (non-hydrogen) atoms. The zero-order valence-corrected chi connectivity index (χ0v) is 11.2. The molecule has 1 N–H and O–H groups in total. The summed E-state index contributed by atoms with van der Waals surface area (Å²) in [6.07, 6.45) is 2.87. The molecule has 0 aromatic heterocycles. The molecule has 0 atom stereocenters. The first kappa shape index (κ1) is 13.4. The zero-order chi connectivity index (χ0) is 13.7. The minimum atomic E-state index is -0.400. The van der Waals surface area contributed by atoms with Crippen molar-refractivity contribution in [3.8, 4) is 5.75 Å². The zero-order valence-electron chi connectivity index (χ0n) is 11.2. The molecule has 1 heterocycles. The third-order valence-electron chi connectivity index (χ3n) is 3.01. The summed E-state index contributed by atoms with van der Waals surface area (Å²) in [6.45, 7) is 1.82. The molecule has 0 saturated heterocycles. The highest BCUT2D eigenvalue weighted by Gasteiger charge is 2.11. The number of methoxy groups -OCH3 is 1. The van der Waals surface area contributed by atoms with Gasteiger partial charge in [0.05, 0.1) is 12.7 Å². The van der Waals surface area contributed by atoms with Gasteiger partial charge in [-0.25, -0.2) is 10.3 Å². The largest absolute Gasteiger partial charge is 0.497 e. The normalized spacial score (nSPS) is 15.6. The fourth-order valence-electron chi connectivity index (χ4n) is 1.76. The number of hydroxylamine groups is 1. The fraction of sp³-hybridized carbons (Fsp3) is 0.357. The SMILES string of the molecule is COc1ccc(C(=O)ONC2=CCN(C)CC2)cc1. The maximum absolute atomic E-state index is 11.8. The Kier molecular flexibility index (Phi) is 4.41. The summed E-state index contributed by atoms with van der Waals surface area (Å²) in [6, 6.07) is 6.80. The van der Waals surface area contributed by atoms with Crippen LogP contribution in [0.2, 0.25) is 0 Å². The number of hydrogen-bond acceptors (Lipinski definition) is 5. The van der Waals surface area contributed by atoms with Gasteiger partial charge in [-0.1, -0.05) is 0 Å². The molecule has 2 rings (SSSR count). The summed E-state index contributed by atoms with van der Waals surface area (Å²) in [5, 5.41) is 0. The van der Waals surface area contributed by atoms with E-state index in [9.17, 15) is 4.79 Å². The van der Waals surface area contributed by atoms with Crippen LogP contribution in [0.5, 0.6) is 5.75 Å². The summed E-state index contributed by atoms with van der Waals surface area (Å²) in [5.74, 6) is 0.310. The molecule has 0 unspecified atom stereocenters. The Morgan fingerprint density at radius 3 is 2.63 bits per heavy atom. The van der Waals surface area contributed by atoms with Gasteiger partial charge in [0, 0.05) is 25.2 Å². The van der Waals surface area contributed by atoms with Crippen LogP contribution < -0.4 is 10.2 Å². The lowest BCUT2D eigenvalue weighted by atomic mass is 10.2. The molecule has 102 valence electrons. The topological polar surface area (TPSA) is 50.8 Å². The van der Waals surface area contributed by atoms with Gasteiger partial charge >= 0.3 is 5.97 Å². The Bertz CT molecular complexity index is 468. The predicted molar refractivity (Wildman–Crippen MR) is 71.7 cm³/mol. The quantitative estimate of drug-likeness (QED) is 0.835. The molecule has 0 saturated carbocycles. The van der Waals surface area contributed by atoms with Crippen molar-refractivity contribution in [1.82, 2.24) is 10.4 Å². The molecule has 0 spiro atoms. The Morgan fingerprint density at radius 2 is 2.05 bits per heavy atom. The second-order valence-electron chi connectivity index (χ2n) is 4.46. The lowest BCUT2D eigenvalue weighted by Gasteiger charge is -2.22. The summed E-state index contributed by atoms with van der Waals surface area (Å²) < 4.78 is 5.03. The third-order valence-corrected chi connectivity index (χ3v) is 3.01. The van der Waals surface area contributed by atoms with Gasteiger partial charge in [-0.3, -0.25) is 0 Å². The minimum absolute atomic E-state index is 0.400. The van der Waals surface area contributed by atoms with Crippen LogP contribution in [0.15, 0.2) is 36.0 Å². The first-order valence-corrected chi connectivity index (χ1v) is 6.18. The number of likely N-dealkylation sites (N-methyl/N-ethyl adjacent to an activating group) is 1. The maximum Gasteiger partial charge on any atom is 0.362 e. The monoisotopic (exact) mass is 262 g/mol. The number of rotatable bonds is 4. The van der Waals surface area contributed by atoms with Gasteiger partial charge in [0.25, 0.3) is 0 Å². The highest BCUT2D eigenvalue weighted by molar-refractivity contribution is 5.89. The number of carbonyl (C=O) groups is 1. The van der Waals surface area contributed by atoms with Crippen LogP contribution in [0.1, 0.15) is 16.8 Å². The molecule has 1 aliphatic rings. The van der Waals surface area contributed by atoms with Gasteiger partial charge in [-0.2, -0.15) is 0 Å². The van der Waals surface area contributed by atoms with E-state index >= 15 is 0 Å². The summed E-state index contributed by atoms with van der Waals surface area (Å²) in [5.41, 5.74) is 4.15. The van der Waals surface area contributed by atoms with Crippen LogP contribution in [0, 0.1) is 0 Å². The summed E-state index contributed by atoms with van der Waals surface area (Å²) in [4.78, 5) is 19.0. The molecular weight excluding hydrogens is 244 g/mol. The molecule has 5 heteroatoms. The van der Waals surface area contributed by atoms with Gasteiger partial charge in [-0.15, -0.1) is 0 Å². The van der Waals surface area contributed by atoms with E-state index in [2.05, 4.69) is 17.4 Å². The molecule has 0 aliphatic carbocycles. The van der Waals surface area contributed by atoms with Gasteiger partial charge < -0.3 is 14.5 Å². The molecule has 1 aromatic rings. The molecule has 0 bridgehead atoms. The molecular formula is C14H18N2O3. The van der Waals surface area contributed by atoms with Crippen LogP contribution in [0.3, 0.4) is 0 Å². The molecule has 0 amide bonds. The molecule has 1 aliphatic heterocycles. The Morgan fingerprint density at radius 1 is 1.32 bits per heavy atom. The van der Waals surface area contributed by atoms with Gasteiger partial charge in [0.1, 0.15) is 5.75 Å². The highest BCUT2D eigenvalue weighted by atomic mass is 16.7. The van der Waals surface area contributed by atoms with Crippen molar-refractivity contribution >= 4 is 5.97 Å². The van der Waals surface area contributed by atoms with E-state index in [4.69, 9.17) is 9.57 Å². The second-order valence-corrected chi connectivity index (χ2v) is 4.46. The van der Waals surface area contributed by atoms with E-state index in [0.717, 1.165) is 25.2 Å². The molecule has 5 nitrogen and oxygen atoms in total. The maximum atomic E-state index is 11.8. The standard InChI is InChI=1S/C14H18N2O3/c1-16-9-7-12(8-10-16)15-19-14(17)11-3-5-13(18-2)6-4-11/h3-7,15H,8-10H2,1-2H3. The van der Waals surface area contributed by atoms with Crippen molar-refractivity contribution in [1.29, 1.82) is 0 Å². The van der Waals surface area contributed by atoms with Crippen molar-refractivity contribution < 1.29 is 14.4 Å². The molecule has 0 radical (unpaired) electrons. The lowest BCUT2D eigenvalue weighted by molar-refractivity contribution is 0.0310. The Labute approximate surface area is 112 Å². The van der Waals surface area contributed by atoms with Crippen LogP contribution >= 0.6 is 0 Å². The van der Waals surface area contributed by atoms with E-state index < -0.39 is 5.97 Å². The predicted octanol–water partition coefficient (Wildman–Crippen LogP) is 1.58. The average Bonchev–Trinajstić information content (AvgIpc) is 2.46. The fourth-order valence-corrected chi connectivity index (χ4v) is 1.76. The second kappa shape index (κ2) is 6.24. The Hall–Kier alpha value is -2.01. The van der Waals surface area contributed by atoms with E-state index in [-0.39, 0.29) is 0 Å². The first-order chi connectivity index (χ1) is 9.19. The van der Waals surface area contributed by atoms with Crippen molar-refractivity contribution in [2.24, 2.45) is 0 Å². The van der Waals surface area contributed by atoms with Crippen molar-refractivity contribution in [2.75, 3.05) is 27.2 Å². The molecule has 0 fully saturated rings. The number of benzene rings is 1. The van der Waals surface area contributed by atoms with Crippen molar-refractivity contribution in [3.63, 3.8) is 0 Å². The third kappa shape index (κ3) is 3.72. The van der Waals surface area contributed by atoms with Crippen molar-refractivity contribution in [3.05, 3.63) is 41.6 Å². The smallest absolute Gasteiger partial charge is 0.362 e. The van der Waals surface area contributed by atoms with Crippen LogP contribution in [0.4, 0.5) is 0 Å². The van der Waals surface area contributed by atoms with Gasteiger partial charge in [0.15, 0.2) is 0 Å². The number of hydrogen-bond donors (Lipinski definition) is 1. The van der Waals surface area contributed by atoms with Crippen molar-refractivity contribution in [2.45, 2.75) is 6.42 Å².